The summed E-state index contributed by atoms with van der Waals surface area (Å²) < 4.78 is 19.0. The van der Waals surface area contributed by atoms with Gasteiger partial charge in [0.15, 0.2) is 0 Å². The highest BCUT2D eigenvalue weighted by atomic mass is 19.1. The molecule has 0 aliphatic carbocycles. The van der Waals surface area contributed by atoms with Gasteiger partial charge in [-0.1, -0.05) is 6.07 Å². The van der Waals surface area contributed by atoms with E-state index in [4.69, 9.17) is 15.3 Å². The molecule has 98 valence electrons. The Balaban J connectivity index is 2.45. The molecule has 2 aromatic rings. The van der Waals surface area contributed by atoms with E-state index < -0.39 is 5.82 Å². The Kier molecular flexibility index (Phi) is 3.83. The highest BCUT2D eigenvalue weighted by molar-refractivity contribution is 5.73. The summed E-state index contributed by atoms with van der Waals surface area (Å²) in [6.07, 6.45) is 0. The maximum Gasteiger partial charge on any atom is 0.147 e. The maximum atomic E-state index is 13.9. The van der Waals surface area contributed by atoms with Crippen molar-refractivity contribution in [2.45, 2.75) is 0 Å². The van der Waals surface area contributed by atoms with Crippen LogP contribution < -0.4 is 10.1 Å². The van der Waals surface area contributed by atoms with Crippen molar-refractivity contribution in [1.29, 1.82) is 10.5 Å². The Morgan fingerprint density at radius 3 is 2.55 bits per heavy atom. The molecule has 0 atom stereocenters. The Morgan fingerprint density at radius 1 is 1.15 bits per heavy atom. The summed E-state index contributed by atoms with van der Waals surface area (Å²) in [5, 5.41) is 20.6. The largest absolute Gasteiger partial charge is 0.495 e. The third-order valence-corrected chi connectivity index (χ3v) is 2.72. The van der Waals surface area contributed by atoms with Crippen molar-refractivity contribution in [3.05, 3.63) is 53.3 Å². The van der Waals surface area contributed by atoms with E-state index in [1.165, 1.54) is 19.2 Å². The van der Waals surface area contributed by atoms with Gasteiger partial charge in [-0.3, -0.25) is 0 Å². The lowest BCUT2D eigenvalue weighted by Crippen LogP contribution is -1.99. The normalized spacial score (nSPS) is 9.40. The van der Waals surface area contributed by atoms with E-state index in [1.54, 1.807) is 18.2 Å². The van der Waals surface area contributed by atoms with Crippen molar-refractivity contribution >= 4 is 11.4 Å². The third kappa shape index (κ3) is 2.52. The van der Waals surface area contributed by atoms with Crippen LogP contribution in [0, 0.1) is 28.5 Å². The first kappa shape index (κ1) is 13.4. The van der Waals surface area contributed by atoms with Gasteiger partial charge in [0, 0.05) is 0 Å². The van der Waals surface area contributed by atoms with Crippen molar-refractivity contribution in [1.82, 2.24) is 0 Å². The summed E-state index contributed by atoms with van der Waals surface area (Å²) in [7, 11) is 1.47. The summed E-state index contributed by atoms with van der Waals surface area (Å²) >= 11 is 0. The average molecular weight is 267 g/mol. The van der Waals surface area contributed by atoms with Crippen LogP contribution >= 0.6 is 0 Å². The molecule has 0 fully saturated rings. The van der Waals surface area contributed by atoms with Gasteiger partial charge in [-0.05, 0) is 30.3 Å². The number of ether oxygens (including phenoxy) is 1. The number of methoxy groups -OCH3 is 1. The average Bonchev–Trinajstić information content (AvgIpc) is 2.49. The number of hydrogen-bond donors (Lipinski definition) is 1. The Morgan fingerprint density at radius 2 is 1.95 bits per heavy atom. The van der Waals surface area contributed by atoms with E-state index in [0.29, 0.717) is 17.0 Å². The van der Waals surface area contributed by atoms with Crippen LogP contribution in [-0.4, -0.2) is 7.11 Å². The van der Waals surface area contributed by atoms with Crippen LogP contribution in [0.1, 0.15) is 11.1 Å². The van der Waals surface area contributed by atoms with E-state index in [0.717, 1.165) is 6.07 Å². The molecule has 0 amide bonds. The number of nitrogens with one attached hydrogen (secondary N) is 1. The second-order valence-corrected chi connectivity index (χ2v) is 3.93. The summed E-state index contributed by atoms with van der Waals surface area (Å²) in [6, 6.07) is 12.9. The fraction of sp³-hybridized carbons (Fsp3) is 0.0667. The molecule has 1 N–H and O–H groups in total. The second-order valence-electron chi connectivity index (χ2n) is 3.93. The molecule has 0 bridgehead atoms. The van der Waals surface area contributed by atoms with Gasteiger partial charge in [0.2, 0.25) is 0 Å². The number of anilines is 2. The molecule has 0 saturated heterocycles. The number of halogens is 1. The van der Waals surface area contributed by atoms with Crippen LogP contribution in [0.25, 0.3) is 0 Å². The van der Waals surface area contributed by atoms with Crippen LogP contribution in [0.3, 0.4) is 0 Å². The fourth-order valence-electron chi connectivity index (χ4n) is 1.74. The zero-order valence-electron chi connectivity index (χ0n) is 10.6. The predicted molar refractivity (Wildman–Crippen MR) is 72.1 cm³/mol. The number of benzene rings is 2. The summed E-state index contributed by atoms with van der Waals surface area (Å²) in [5.41, 5.74) is 1.13. The zero-order chi connectivity index (χ0) is 14.5. The van der Waals surface area contributed by atoms with Crippen LogP contribution in [0.5, 0.6) is 5.75 Å². The molecule has 0 aromatic heterocycles. The van der Waals surface area contributed by atoms with E-state index in [2.05, 4.69) is 5.32 Å². The molecule has 4 nitrogen and oxygen atoms in total. The van der Waals surface area contributed by atoms with Crippen LogP contribution in [0.2, 0.25) is 0 Å². The molecule has 0 aliphatic heterocycles. The van der Waals surface area contributed by atoms with Gasteiger partial charge >= 0.3 is 0 Å². The number of rotatable bonds is 3. The highest BCUT2D eigenvalue weighted by Gasteiger charge is 2.11. The zero-order valence-corrected chi connectivity index (χ0v) is 10.6. The van der Waals surface area contributed by atoms with Crippen LogP contribution in [-0.2, 0) is 0 Å². The van der Waals surface area contributed by atoms with Crippen molar-refractivity contribution in [3.8, 4) is 17.9 Å². The molecular weight excluding hydrogens is 257 g/mol. The summed E-state index contributed by atoms with van der Waals surface area (Å²) in [6.45, 7) is 0. The van der Waals surface area contributed by atoms with Gasteiger partial charge < -0.3 is 10.1 Å². The topological polar surface area (TPSA) is 68.8 Å². The molecular formula is C15H10FN3O. The molecule has 2 rings (SSSR count). The van der Waals surface area contributed by atoms with Gasteiger partial charge in [-0.2, -0.15) is 10.5 Å². The molecule has 20 heavy (non-hydrogen) atoms. The van der Waals surface area contributed by atoms with Crippen molar-refractivity contribution in [2.75, 3.05) is 12.4 Å². The smallest absolute Gasteiger partial charge is 0.147 e. The molecule has 5 heteroatoms. The Hall–Kier alpha value is -3.05. The second kappa shape index (κ2) is 5.73. The monoisotopic (exact) mass is 267 g/mol. The molecule has 0 unspecified atom stereocenters. The maximum absolute atomic E-state index is 13.9. The molecule has 0 aliphatic rings. The summed E-state index contributed by atoms with van der Waals surface area (Å²) in [4.78, 5) is 0. The van der Waals surface area contributed by atoms with Crippen molar-refractivity contribution in [2.24, 2.45) is 0 Å². The van der Waals surface area contributed by atoms with E-state index in [1.807, 2.05) is 12.1 Å². The van der Waals surface area contributed by atoms with Gasteiger partial charge in [-0.15, -0.1) is 0 Å². The first-order valence-electron chi connectivity index (χ1n) is 5.73. The van der Waals surface area contributed by atoms with Gasteiger partial charge in [0.25, 0.3) is 0 Å². The van der Waals surface area contributed by atoms with Crippen LogP contribution in [0.15, 0.2) is 36.4 Å². The lowest BCUT2D eigenvalue weighted by molar-refractivity contribution is 0.416. The standard InChI is InChI=1S/C15H10FN3O/c1-20-14-4-2-3-11(9-18)15(14)19-13-6-5-10(8-17)7-12(13)16/h2-7,19H,1H3. The molecule has 0 heterocycles. The lowest BCUT2D eigenvalue weighted by Gasteiger charge is -2.13. The number of hydrogen-bond acceptors (Lipinski definition) is 4. The predicted octanol–water partition coefficient (Wildman–Crippen LogP) is 3.32. The minimum Gasteiger partial charge on any atom is -0.495 e. The number of nitrogens with zero attached hydrogens (tertiary/aromatic N) is 2. The van der Waals surface area contributed by atoms with Crippen LogP contribution in [0.4, 0.5) is 15.8 Å². The molecule has 0 saturated carbocycles. The van der Waals surface area contributed by atoms with E-state index in [9.17, 15) is 4.39 Å². The highest BCUT2D eigenvalue weighted by Crippen LogP contribution is 2.31. The molecule has 0 spiro atoms. The fourth-order valence-corrected chi connectivity index (χ4v) is 1.74. The van der Waals surface area contributed by atoms with Gasteiger partial charge in [0.05, 0.1) is 35.7 Å². The van der Waals surface area contributed by atoms with Crippen molar-refractivity contribution in [3.63, 3.8) is 0 Å². The van der Waals surface area contributed by atoms with Crippen molar-refractivity contribution < 1.29 is 9.13 Å². The quantitative estimate of drug-likeness (QED) is 0.926. The third-order valence-electron chi connectivity index (χ3n) is 2.72. The first-order valence-corrected chi connectivity index (χ1v) is 5.73. The minimum atomic E-state index is -0.571. The molecule has 2 aromatic carbocycles. The number of para-hydroxylation sites is 1. The SMILES string of the molecule is COc1cccc(C#N)c1Nc1ccc(C#N)cc1F. The van der Waals surface area contributed by atoms with Gasteiger partial charge in [0.1, 0.15) is 17.6 Å². The van der Waals surface area contributed by atoms with E-state index >= 15 is 0 Å². The lowest BCUT2D eigenvalue weighted by atomic mass is 10.1. The Labute approximate surface area is 115 Å². The minimum absolute atomic E-state index is 0.171. The summed E-state index contributed by atoms with van der Waals surface area (Å²) in [5.74, 6) is -0.133. The number of nitriles is 2. The Bertz CT molecular complexity index is 729. The van der Waals surface area contributed by atoms with E-state index in [-0.39, 0.29) is 11.3 Å². The molecule has 0 radical (unpaired) electrons. The first-order chi connectivity index (χ1) is 9.69. The van der Waals surface area contributed by atoms with Gasteiger partial charge in [-0.25, -0.2) is 4.39 Å².